The van der Waals surface area contributed by atoms with E-state index in [9.17, 15) is 0 Å². The first-order valence-electron chi connectivity index (χ1n) is 5.45. The lowest BCUT2D eigenvalue weighted by Gasteiger charge is -2.04. The largest absolute Gasteiger partial charge is 0.382 e. The number of aryl methyl sites for hydroxylation is 1. The second-order valence-corrected chi connectivity index (χ2v) is 3.47. The van der Waals surface area contributed by atoms with Gasteiger partial charge in [0.2, 0.25) is 0 Å². The zero-order valence-corrected chi connectivity index (χ0v) is 9.98. The molecule has 0 aliphatic heterocycles. The molecule has 0 radical (unpaired) electrons. The summed E-state index contributed by atoms with van der Waals surface area (Å²) in [6, 6.07) is 0. The van der Waals surface area contributed by atoms with Gasteiger partial charge < -0.3 is 14.8 Å². The lowest BCUT2D eigenvalue weighted by molar-refractivity contribution is 0.0694. The average molecular weight is 228 g/mol. The summed E-state index contributed by atoms with van der Waals surface area (Å²) in [4.78, 5) is 4.12. The van der Waals surface area contributed by atoms with Crippen molar-refractivity contribution >= 4 is 0 Å². The Bertz CT molecular complexity index is 278. The third-order valence-corrected chi connectivity index (χ3v) is 2.00. The van der Waals surface area contributed by atoms with Gasteiger partial charge >= 0.3 is 0 Å². The van der Waals surface area contributed by atoms with E-state index < -0.39 is 0 Å². The first-order valence-corrected chi connectivity index (χ1v) is 5.45. The van der Waals surface area contributed by atoms with Gasteiger partial charge in [-0.1, -0.05) is 0 Å². The molecule has 92 valence electrons. The van der Waals surface area contributed by atoms with Crippen LogP contribution in [0.2, 0.25) is 0 Å². The highest BCUT2D eigenvalue weighted by Crippen LogP contribution is 1.87. The van der Waals surface area contributed by atoms with Gasteiger partial charge in [0.1, 0.15) is 6.33 Å². The summed E-state index contributed by atoms with van der Waals surface area (Å²) in [5.74, 6) is 0.822. The van der Waals surface area contributed by atoms with Crippen LogP contribution in [0.15, 0.2) is 6.33 Å². The van der Waals surface area contributed by atoms with Gasteiger partial charge in [0, 0.05) is 20.8 Å². The molecule has 1 aromatic rings. The van der Waals surface area contributed by atoms with Gasteiger partial charge in [-0.3, -0.25) is 4.68 Å². The molecule has 1 heterocycles. The van der Waals surface area contributed by atoms with Crippen LogP contribution in [0.1, 0.15) is 12.2 Å². The molecule has 6 heteroatoms. The number of rotatable bonds is 9. The zero-order valence-electron chi connectivity index (χ0n) is 9.98. The van der Waals surface area contributed by atoms with Crippen molar-refractivity contribution in [3.63, 3.8) is 0 Å². The fourth-order valence-corrected chi connectivity index (χ4v) is 1.21. The Morgan fingerprint density at radius 2 is 2.25 bits per heavy atom. The molecule has 0 unspecified atom stereocenters. The van der Waals surface area contributed by atoms with Crippen LogP contribution in [-0.4, -0.2) is 48.2 Å². The normalized spacial score (nSPS) is 10.9. The molecule has 0 aliphatic carbocycles. The minimum Gasteiger partial charge on any atom is -0.382 e. The Morgan fingerprint density at radius 3 is 2.94 bits per heavy atom. The number of nitrogens with zero attached hydrogens (tertiary/aromatic N) is 3. The Balaban J connectivity index is 1.88. The molecule has 0 aromatic carbocycles. The van der Waals surface area contributed by atoms with Gasteiger partial charge in [0.15, 0.2) is 5.82 Å². The quantitative estimate of drug-likeness (QED) is 0.601. The van der Waals surface area contributed by atoms with Gasteiger partial charge in [-0.15, -0.1) is 0 Å². The summed E-state index contributed by atoms with van der Waals surface area (Å²) in [5, 5.41) is 7.42. The molecule has 0 saturated heterocycles. The van der Waals surface area contributed by atoms with Crippen molar-refractivity contribution in [1.82, 2.24) is 20.1 Å². The maximum absolute atomic E-state index is 5.33. The van der Waals surface area contributed by atoms with E-state index in [0.717, 1.165) is 25.4 Å². The molecule has 6 nitrogen and oxygen atoms in total. The fourth-order valence-electron chi connectivity index (χ4n) is 1.21. The van der Waals surface area contributed by atoms with Crippen molar-refractivity contribution in [3.8, 4) is 0 Å². The van der Waals surface area contributed by atoms with Gasteiger partial charge in [-0.25, -0.2) is 4.98 Å². The van der Waals surface area contributed by atoms with E-state index in [1.165, 1.54) is 0 Å². The lowest BCUT2D eigenvalue weighted by Crippen LogP contribution is -2.17. The maximum atomic E-state index is 5.33. The van der Waals surface area contributed by atoms with E-state index in [1.807, 2.05) is 7.05 Å². The summed E-state index contributed by atoms with van der Waals surface area (Å²) in [6.07, 6.45) is 2.68. The third kappa shape index (κ3) is 5.79. The van der Waals surface area contributed by atoms with Crippen molar-refractivity contribution in [2.75, 3.05) is 33.5 Å². The Labute approximate surface area is 96.0 Å². The Morgan fingerprint density at radius 1 is 1.38 bits per heavy atom. The SMILES string of the molecule is COCCOCCCNCc1ncn(C)n1. The molecule has 0 spiro atoms. The molecule has 0 saturated carbocycles. The molecule has 0 fully saturated rings. The standard InChI is InChI=1S/C10H20N4O2/c1-14-9-12-10(13-14)8-11-4-3-5-16-7-6-15-2/h9,11H,3-8H2,1-2H3. The molecule has 1 rings (SSSR count). The number of aromatic nitrogens is 3. The van der Waals surface area contributed by atoms with Crippen molar-refractivity contribution < 1.29 is 9.47 Å². The number of nitrogens with one attached hydrogen (secondary N) is 1. The van der Waals surface area contributed by atoms with Gasteiger partial charge in [0.25, 0.3) is 0 Å². The van der Waals surface area contributed by atoms with Crippen LogP contribution in [0, 0.1) is 0 Å². The Hall–Kier alpha value is -0.980. The third-order valence-electron chi connectivity index (χ3n) is 2.00. The average Bonchev–Trinajstić information content (AvgIpc) is 2.68. The van der Waals surface area contributed by atoms with Crippen LogP contribution in [-0.2, 0) is 23.1 Å². The fraction of sp³-hybridized carbons (Fsp3) is 0.800. The summed E-state index contributed by atoms with van der Waals surface area (Å²) in [5.41, 5.74) is 0. The molecule has 1 N–H and O–H groups in total. The molecular weight excluding hydrogens is 208 g/mol. The first-order chi connectivity index (χ1) is 7.83. The molecular formula is C10H20N4O2. The molecule has 0 bridgehead atoms. The highest BCUT2D eigenvalue weighted by atomic mass is 16.5. The Kier molecular flexibility index (Phi) is 6.71. The van der Waals surface area contributed by atoms with E-state index in [-0.39, 0.29) is 0 Å². The zero-order chi connectivity index (χ0) is 11.6. The van der Waals surface area contributed by atoms with Crippen LogP contribution >= 0.6 is 0 Å². The second-order valence-electron chi connectivity index (χ2n) is 3.47. The van der Waals surface area contributed by atoms with E-state index in [4.69, 9.17) is 9.47 Å². The van der Waals surface area contributed by atoms with Crippen LogP contribution in [0.3, 0.4) is 0 Å². The minimum absolute atomic E-state index is 0.658. The van der Waals surface area contributed by atoms with E-state index >= 15 is 0 Å². The van der Waals surface area contributed by atoms with Crippen molar-refractivity contribution in [3.05, 3.63) is 12.2 Å². The van der Waals surface area contributed by atoms with E-state index in [2.05, 4.69) is 15.4 Å². The predicted molar refractivity (Wildman–Crippen MR) is 60.0 cm³/mol. The lowest BCUT2D eigenvalue weighted by atomic mass is 10.4. The molecule has 1 aromatic heterocycles. The maximum Gasteiger partial charge on any atom is 0.164 e. The summed E-state index contributed by atoms with van der Waals surface area (Å²) >= 11 is 0. The van der Waals surface area contributed by atoms with Crippen molar-refractivity contribution in [2.24, 2.45) is 7.05 Å². The van der Waals surface area contributed by atoms with Crippen LogP contribution < -0.4 is 5.32 Å². The number of hydrogen-bond acceptors (Lipinski definition) is 5. The highest BCUT2D eigenvalue weighted by molar-refractivity contribution is 4.79. The van der Waals surface area contributed by atoms with Crippen LogP contribution in [0.4, 0.5) is 0 Å². The van der Waals surface area contributed by atoms with Crippen LogP contribution in [0.5, 0.6) is 0 Å². The predicted octanol–water partition coefficient (Wildman–Crippen LogP) is -0.0422. The van der Waals surface area contributed by atoms with Crippen LogP contribution in [0.25, 0.3) is 0 Å². The smallest absolute Gasteiger partial charge is 0.164 e. The summed E-state index contributed by atoms with van der Waals surface area (Å²) < 4.78 is 11.9. The minimum atomic E-state index is 0.658. The first kappa shape index (κ1) is 13.1. The topological polar surface area (TPSA) is 61.2 Å². The number of hydrogen-bond donors (Lipinski definition) is 1. The van der Waals surface area contributed by atoms with Crippen molar-refractivity contribution in [1.29, 1.82) is 0 Å². The summed E-state index contributed by atoms with van der Waals surface area (Å²) in [6.45, 7) is 3.69. The second kappa shape index (κ2) is 8.20. The summed E-state index contributed by atoms with van der Waals surface area (Å²) in [7, 11) is 3.53. The monoisotopic (exact) mass is 228 g/mol. The van der Waals surface area contributed by atoms with Gasteiger partial charge in [-0.05, 0) is 13.0 Å². The molecule has 0 aliphatic rings. The number of methoxy groups -OCH3 is 1. The van der Waals surface area contributed by atoms with Gasteiger partial charge in [-0.2, -0.15) is 5.10 Å². The van der Waals surface area contributed by atoms with Crippen molar-refractivity contribution in [2.45, 2.75) is 13.0 Å². The van der Waals surface area contributed by atoms with Gasteiger partial charge in [0.05, 0.1) is 19.8 Å². The number of ether oxygens (including phenoxy) is 2. The highest BCUT2D eigenvalue weighted by Gasteiger charge is 1.96. The molecule has 0 atom stereocenters. The molecule has 16 heavy (non-hydrogen) atoms. The molecule has 0 amide bonds. The van der Waals surface area contributed by atoms with E-state index in [1.54, 1.807) is 18.1 Å². The van der Waals surface area contributed by atoms with E-state index in [0.29, 0.717) is 19.8 Å².